The van der Waals surface area contributed by atoms with Crippen LogP contribution in [0.4, 0.5) is 15.8 Å². The Hall–Kier alpha value is -3.39. The lowest BCUT2D eigenvalue weighted by atomic mass is 10.1. The zero-order chi connectivity index (χ0) is 19.4. The first-order valence-corrected chi connectivity index (χ1v) is 7.75. The van der Waals surface area contributed by atoms with Crippen LogP contribution in [0.25, 0.3) is 21.3 Å². The van der Waals surface area contributed by atoms with Crippen molar-refractivity contribution >= 4 is 34.2 Å². The van der Waals surface area contributed by atoms with E-state index in [-0.39, 0.29) is 28.8 Å². The fourth-order valence-electron chi connectivity index (χ4n) is 2.54. The lowest BCUT2D eigenvalue weighted by Crippen LogP contribution is -2.22. The van der Waals surface area contributed by atoms with Crippen LogP contribution in [0.2, 0.25) is 0 Å². The monoisotopic (exact) mass is 361 g/mol. The van der Waals surface area contributed by atoms with Crippen LogP contribution in [-0.2, 0) is 16.1 Å². The highest BCUT2D eigenvalue weighted by molar-refractivity contribution is 6.04. The molecule has 9 nitrogen and oxygen atoms in total. The van der Waals surface area contributed by atoms with Gasteiger partial charge in [0.05, 0.1) is 28.9 Å². The van der Waals surface area contributed by atoms with E-state index in [2.05, 4.69) is 15.3 Å². The van der Waals surface area contributed by atoms with Crippen molar-refractivity contribution in [1.82, 2.24) is 4.57 Å². The molecule has 1 heterocycles. The maximum atomic E-state index is 14.7. The fourth-order valence-corrected chi connectivity index (χ4v) is 2.54. The van der Waals surface area contributed by atoms with Gasteiger partial charge in [-0.2, -0.15) is 0 Å². The molecule has 0 atom stereocenters. The van der Waals surface area contributed by atoms with Gasteiger partial charge in [0.25, 0.3) is 0 Å². The van der Waals surface area contributed by atoms with Crippen LogP contribution < -0.4 is 10.7 Å². The summed E-state index contributed by atoms with van der Waals surface area (Å²) in [5, 5.41) is 5.30. The number of anilines is 1. The molecule has 1 aromatic heterocycles. The van der Waals surface area contributed by atoms with Gasteiger partial charge < -0.3 is 14.6 Å². The Bertz CT molecular complexity index is 1010. The van der Waals surface area contributed by atoms with Gasteiger partial charge in [-0.25, -0.2) is 9.18 Å². The number of esters is 1. The largest absolute Gasteiger partial charge is 0.462 e. The third kappa shape index (κ3) is 3.35. The lowest BCUT2D eigenvalue weighted by molar-refractivity contribution is -0.114. The van der Waals surface area contributed by atoms with E-state index in [4.69, 9.17) is 10.3 Å². The molecular formula is C16H16FN5O4. The number of pyridine rings is 1. The van der Waals surface area contributed by atoms with Gasteiger partial charge in [0.15, 0.2) is 5.82 Å². The van der Waals surface area contributed by atoms with E-state index >= 15 is 0 Å². The Morgan fingerprint density at radius 3 is 2.65 bits per heavy atom. The zero-order valence-corrected chi connectivity index (χ0v) is 14.4. The van der Waals surface area contributed by atoms with Gasteiger partial charge in [0.1, 0.15) is 5.56 Å². The standard InChI is InChI=1S/C16H16FN5O4/c1-4-22-7-9(16(25)26-5-2)15(24)12-11(22)6-10(20-21-18)13(17)14(12)19-8(3)23/h6-7H,4-5H2,1-3H3,(H,19,23). The lowest BCUT2D eigenvalue weighted by Gasteiger charge is -2.16. The highest BCUT2D eigenvalue weighted by atomic mass is 19.1. The van der Waals surface area contributed by atoms with Crippen LogP contribution in [0.5, 0.6) is 0 Å². The normalized spacial score (nSPS) is 10.3. The Balaban J connectivity index is 3.02. The Morgan fingerprint density at radius 1 is 1.42 bits per heavy atom. The minimum atomic E-state index is -1.06. The van der Waals surface area contributed by atoms with E-state index in [1.165, 1.54) is 16.8 Å². The highest BCUT2D eigenvalue weighted by Crippen LogP contribution is 2.33. The number of halogens is 1. The summed E-state index contributed by atoms with van der Waals surface area (Å²) < 4.78 is 21.1. The number of nitrogens with zero attached hydrogens (tertiary/aromatic N) is 4. The van der Waals surface area contributed by atoms with Crippen LogP contribution >= 0.6 is 0 Å². The number of fused-ring (bicyclic) bond motifs is 1. The molecule has 0 fully saturated rings. The predicted octanol–water partition coefficient (Wildman–Crippen LogP) is 3.24. The molecule has 10 heteroatoms. The van der Waals surface area contributed by atoms with E-state index in [1.54, 1.807) is 13.8 Å². The molecule has 0 saturated carbocycles. The first kappa shape index (κ1) is 18.9. The number of aryl methyl sites for hydroxylation is 1. The van der Waals surface area contributed by atoms with Crippen LogP contribution in [0, 0.1) is 5.82 Å². The second-order valence-electron chi connectivity index (χ2n) is 5.23. The zero-order valence-electron chi connectivity index (χ0n) is 14.4. The van der Waals surface area contributed by atoms with Crippen LogP contribution in [-0.4, -0.2) is 23.1 Å². The topological polar surface area (TPSA) is 126 Å². The Labute approximate surface area is 147 Å². The Kier molecular flexibility index (Phi) is 5.58. The number of hydrogen-bond donors (Lipinski definition) is 1. The molecule has 1 N–H and O–H groups in total. The first-order chi connectivity index (χ1) is 12.3. The first-order valence-electron chi connectivity index (χ1n) is 7.75. The van der Waals surface area contributed by atoms with Gasteiger partial charge in [-0.05, 0) is 25.4 Å². The summed E-state index contributed by atoms with van der Waals surface area (Å²) in [4.78, 5) is 38.9. The summed E-state index contributed by atoms with van der Waals surface area (Å²) in [5.74, 6) is -2.55. The second kappa shape index (κ2) is 7.66. The predicted molar refractivity (Wildman–Crippen MR) is 92.9 cm³/mol. The van der Waals surface area contributed by atoms with Gasteiger partial charge in [-0.1, -0.05) is 5.11 Å². The molecule has 0 aliphatic carbocycles. The molecule has 0 radical (unpaired) electrons. The van der Waals surface area contributed by atoms with Crippen molar-refractivity contribution in [2.24, 2.45) is 5.11 Å². The number of carbonyl (C=O) groups is 2. The molecule has 26 heavy (non-hydrogen) atoms. The molecule has 1 aromatic carbocycles. The van der Waals surface area contributed by atoms with E-state index in [0.29, 0.717) is 6.54 Å². The molecule has 2 aromatic rings. The van der Waals surface area contributed by atoms with E-state index in [0.717, 1.165) is 6.92 Å². The number of aromatic nitrogens is 1. The van der Waals surface area contributed by atoms with Crippen LogP contribution in [0.3, 0.4) is 0 Å². The number of carbonyl (C=O) groups excluding carboxylic acids is 2. The number of nitrogens with one attached hydrogen (secondary N) is 1. The summed E-state index contributed by atoms with van der Waals surface area (Å²) in [6.07, 6.45) is 1.29. The van der Waals surface area contributed by atoms with Crippen LogP contribution in [0.1, 0.15) is 31.1 Å². The minimum Gasteiger partial charge on any atom is -0.462 e. The third-order valence-electron chi connectivity index (χ3n) is 3.58. The maximum absolute atomic E-state index is 14.7. The molecular weight excluding hydrogens is 345 g/mol. The highest BCUT2D eigenvalue weighted by Gasteiger charge is 2.23. The average molecular weight is 361 g/mol. The van der Waals surface area contributed by atoms with Crippen molar-refractivity contribution in [2.75, 3.05) is 11.9 Å². The summed E-state index contributed by atoms with van der Waals surface area (Å²) in [7, 11) is 0. The molecule has 136 valence electrons. The van der Waals surface area contributed by atoms with Crippen LogP contribution in [0.15, 0.2) is 22.2 Å². The van der Waals surface area contributed by atoms with Gasteiger partial charge in [0.2, 0.25) is 11.3 Å². The average Bonchev–Trinajstić information content (AvgIpc) is 2.58. The molecule has 0 aliphatic rings. The molecule has 2 rings (SSSR count). The summed E-state index contributed by atoms with van der Waals surface area (Å²) >= 11 is 0. The van der Waals surface area contributed by atoms with Crippen molar-refractivity contribution in [2.45, 2.75) is 27.3 Å². The molecule has 0 saturated heterocycles. The van der Waals surface area contributed by atoms with Crippen molar-refractivity contribution in [3.05, 3.63) is 44.3 Å². The number of amides is 1. The van der Waals surface area contributed by atoms with Gasteiger partial charge in [-0.15, -0.1) is 0 Å². The smallest absolute Gasteiger partial charge is 0.343 e. The van der Waals surface area contributed by atoms with Gasteiger partial charge >= 0.3 is 5.97 Å². The fraction of sp³-hybridized carbons (Fsp3) is 0.312. The SMILES string of the molecule is CCOC(=O)c1cn(CC)c2cc(N=[N+]=[N-])c(F)c(NC(C)=O)c2c1=O. The van der Waals surface area contributed by atoms with Crippen molar-refractivity contribution in [3.63, 3.8) is 0 Å². The van der Waals surface area contributed by atoms with E-state index < -0.39 is 28.8 Å². The summed E-state index contributed by atoms with van der Waals surface area (Å²) in [6, 6.07) is 1.19. The summed E-state index contributed by atoms with van der Waals surface area (Å²) in [5.41, 5.74) is 6.92. The van der Waals surface area contributed by atoms with Gasteiger partial charge in [0, 0.05) is 24.6 Å². The number of rotatable bonds is 5. The second-order valence-corrected chi connectivity index (χ2v) is 5.23. The number of azide groups is 1. The van der Waals surface area contributed by atoms with Crippen molar-refractivity contribution in [1.29, 1.82) is 0 Å². The molecule has 0 aliphatic heterocycles. The Morgan fingerprint density at radius 2 is 2.12 bits per heavy atom. The van der Waals surface area contributed by atoms with Gasteiger partial charge in [-0.3, -0.25) is 9.59 Å². The number of benzene rings is 1. The molecule has 1 amide bonds. The third-order valence-corrected chi connectivity index (χ3v) is 3.58. The van der Waals surface area contributed by atoms with Crippen molar-refractivity contribution in [3.8, 4) is 0 Å². The van der Waals surface area contributed by atoms with Crippen molar-refractivity contribution < 1.29 is 18.7 Å². The minimum absolute atomic E-state index is 0.0607. The quantitative estimate of drug-likeness (QED) is 0.379. The molecule has 0 spiro atoms. The summed E-state index contributed by atoms with van der Waals surface area (Å²) in [6.45, 7) is 4.85. The van der Waals surface area contributed by atoms with E-state index in [9.17, 15) is 18.8 Å². The molecule has 0 bridgehead atoms. The van der Waals surface area contributed by atoms with E-state index in [1.807, 2.05) is 0 Å². The number of ether oxygens (including phenoxy) is 1. The number of hydrogen-bond acceptors (Lipinski definition) is 5. The maximum Gasteiger partial charge on any atom is 0.343 e. The molecule has 0 unspecified atom stereocenters.